The first kappa shape index (κ1) is 19.6. The van der Waals surface area contributed by atoms with Gasteiger partial charge in [0.1, 0.15) is 0 Å². The number of hydrogen-bond donors (Lipinski definition) is 1. The van der Waals surface area contributed by atoms with Crippen LogP contribution >= 0.6 is 0 Å². The third kappa shape index (κ3) is 3.02. The highest BCUT2D eigenvalue weighted by Gasteiger charge is 2.36. The molecule has 5 aromatic rings. The van der Waals surface area contributed by atoms with Crippen LogP contribution in [0.4, 0.5) is 22.7 Å². The van der Waals surface area contributed by atoms with Gasteiger partial charge < -0.3 is 10.6 Å². The van der Waals surface area contributed by atoms with E-state index >= 15 is 0 Å². The van der Waals surface area contributed by atoms with E-state index in [4.69, 9.17) is 5.73 Å². The summed E-state index contributed by atoms with van der Waals surface area (Å²) in [7, 11) is 0. The van der Waals surface area contributed by atoms with Crippen molar-refractivity contribution in [1.29, 1.82) is 0 Å². The van der Waals surface area contributed by atoms with Crippen molar-refractivity contribution in [2.24, 2.45) is 0 Å². The van der Waals surface area contributed by atoms with Crippen molar-refractivity contribution in [1.82, 2.24) is 0 Å². The Morgan fingerprint density at radius 2 is 1.27 bits per heavy atom. The fourth-order valence-corrected chi connectivity index (χ4v) is 5.29. The summed E-state index contributed by atoms with van der Waals surface area (Å²) < 4.78 is 0. The molecular formula is C31H26N2. The van der Waals surface area contributed by atoms with Crippen molar-refractivity contribution in [3.05, 3.63) is 120 Å². The number of nitrogens with zero attached hydrogens (tertiary/aromatic N) is 1. The van der Waals surface area contributed by atoms with E-state index in [2.05, 4.69) is 122 Å². The summed E-state index contributed by atoms with van der Waals surface area (Å²) in [4.78, 5) is 2.37. The van der Waals surface area contributed by atoms with Crippen molar-refractivity contribution in [2.45, 2.75) is 19.3 Å². The summed E-state index contributed by atoms with van der Waals surface area (Å²) in [6.45, 7) is 4.59. The molecule has 0 heterocycles. The minimum absolute atomic E-state index is 0.114. The number of hydrogen-bond acceptors (Lipinski definition) is 2. The highest BCUT2D eigenvalue weighted by molar-refractivity contribution is 5.99. The Labute approximate surface area is 194 Å². The Bertz CT molecular complexity index is 1490. The molecule has 0 unspecified atom stereocenters. The van der Waals surface area contributed by atoms with Crippen LogP contribution in [0.15, 0.2) is 109 Å². The fraction of sp³-hybridized carbons (Fsp3) is 0.0968. The molecule has 5 aromatic carbocycles. The Kier molecular flexibility index (Phi) is 4.31. The predicted molar refractivity (Wildman–Crippen MR) is 141 cm³/mol. The second-order valence-electron chi connectivity index (χ2n) is 9.33. The number of para-hydroxylation sites is 1. The molecule has 160 valence electrons. The highest BCUT2D eigenvalue weighted by atomic mass is 15.1. The van der Waals surface area contributed by atoms with Crippen LogP contribution in [-0.4, -0.2) is 0 Å². The molecule has 0 atom stereocenters. The second-order valence-corrected chi connectivity index (χ2v) is 9.33. The lowest BCUT2D eigenvalue weighted by molar-refractivity contribution is 0.661. The van der Waals surface area contributed by atoms with Gasteiger partial charge in [0, 0.05) is 27.9 Å². The Hall–Kier alpha value is -4.04. The van der Waals surface area contributed by atoms with Crippen LogP contribution in [0.5, 0.6) is 0 Å². The molecule has 0 radical (unpaired) electrons. The largest absolute Gasteiger partial charge is 0.399 e. The quantitative estimate of drug-likeness (QED) is 0.295. The van der Waals surface area contributed by atoms with Crippen molar-refractivity contribution in [3.8, 4) is 11.1 Å². The smallest absolute Gasteiger partial charge is 0.0540 e. The summed E-state index contributed by atoms with van der Waals surface area (Å²) in [5.41, 5.74) is 15.6. The number of fused-ring (bicyclic) bond motifs is 4. The maximum Gasteiger partial charge on any atom is 0.0540 e. The van der Waals surface area contributed by atoms with E-state index in [1.54, 1.807) is 0 Å². The third-order valence-corrected chi connectivity index (χ3v) is 6.96. The first-order valence-corrected chi connectivity index (χ1v) is 11.4. The molecule has 0 saturated heterocycles. The fourth-order valence-electron chi connectivity index (χ4n) is 5.29. The lowest BCUT2D eigenvalue weighted by Crippen LogP contribution is -2.17. The van der Waals surface area contributed by atoms with Gasteiger partial charge in [-0.3, -0.25) is 0 Å². The van der Waals surface area contributed by atoms with Crippen LogP contribution < -0.4 is 10.6 Å². The zero-order chi connectivity index (χ0) is 22.6. The van der Waals surface area contributed by atoms with Crippen LogP contribution in [0.2, 0.25) is 0 Å². The first-order chi connectivity index (χ1) is 16.0. The van der Waals surface area contributed by atoms with Crippen molar-refractivity contribution in [3.63, 3.8) is 0 Å². The van der Waals surface area contributed by atoms with Gasteiger partial charge in [-0.25, -0.2) is 0 Å². The molecular weight excluding hydrogens is 400 g/mol. The molecule has 1 aliphatic rings. The lowest BCUT2D eigenvalue weighted by Gasteiger charge is -2.29. The van der Waals surface area contributed by atoms with Gasteiger partial charge in [-0.2, -0.15) is 0 Å². The maximum atomic E-state index is 6.16. The van der Waals surface area contributed by atoms with Gasteiger partial charge in [0.15, 0.2) is 0 Å². The molecule has 0 aromatic heterocycles. The number of nitrogen functional groups attached to an aromatic ring is 1. The van der Waals surface area contributed by atoms with E-state index in [0.717, 1.165) is 17.1 Å². The summed E-state index contributed by atoms with van der Waals surface area (Å²) in [6.07, 6.45) is 0. The molecule has 0 aliphatic heterocycles. The first-order valence-electron chi connectivity index (χ1n) is 11.4. The van der Waals surface area contributed by atoms with Crippen LogP contribution in [0.25, 0.3) is 21.9 Å². The number of anilines is 4. The standard InChI is InChI=1S/C31H26N2/c1-31(2)28-19-22(32)15-17-26(28)27-18-16-24(20-29(27)31)33(23-11-4-3-5-12-23)30-14-8-10-21-9-6-7-13-25(21)30/h3-20H,32H2,1-2H3. The van der Waals surface area contributed by atoms with Gasteiger partial charge in [0.25, 0.3) is 0 Å². The lowest BCUT2D eigenvalue weighted by atomic mass is 9.82. The van der Waals surface area contributed by atoms with Crippen LogP contribution in [-0.2, 0) is 5.41 Å². The van der Waals surface area contributed by atoms with Gasteiger partial charge in [0.05, 0.1) is 5.69 Å². The molecule has 1 aliphatic carbocycles. The Balaban J connectivity index is 1.59. The minimum Gasteiger partial charge on any atom is -0.399 e. The van der Waals surface area contributed by atoms with Gasteiger partial charge >= 0.3 is 0 Å². The number of benzene rings is 5. The molecule has 2 heteroatoms. The number of nitrogens with two attached hydrogens (primary N) is 1. The van der Waals surface area contributed by atoms with Crippen LogP contribution in [0.1, 0.15) is 25.0 Å². The second kappa shape index (κ2) is 7.25. The monoisotopic (exact) mass is 426 g/mol. The summed E-state index contributed by atoms with van der Waals surface area (Å²) in [5, 5.41) is 2.47. The molecule has 2 N–H and O–H groups in total. The summed E-state index contributed by atoms with van der Waals surface area (Å²) in [5.74, 6) is 0. The van der Waals surface area contributed by atoms with Gasteiger partial charge in [-0.05, 0) is 70.1 Å². The predicted octanol–water partition coefficient (Wildman–Crippen LogP) is 8.20. The average molecular weight is 427 g/mol. The maximum absolute atomic E-state index is 6.16. The Morgan fingerprint density at radius 1 is 0.606 bits per heavy atom. The number of rotatable bonds is 3. The van der Waals surface area contributed by atoms with Crippen LogP contribution in [0.3, 0.4) is 0 Å². The Morgan fingerprint density at radius 3 is 2.09 bits per heavy atom. The molecule has 0 bridgehead atoms. The van der Waals surface area contributed by atoms with Gasteiger partial charge in [-0.1, -0.05) is 80.6 Å². The highest BCUT2D eigenvalue weighted by Crippen LogP contribution is 2.51. The van der Waals surface area contributed by atoms with E-state index in [0.29, 0.717) is 0 Å². The van der Waals surface area contributed by atoms with E-state index in [1.165, 1.54) is 38.7 Å². The minimum atomic E-state index is -0.114. The zero-order valence-corrected chi connectivity index (χ0v) is 18.9. The van der Waals surface area contributed by atoms with Gasteiger partial charge in [-0.15, -0.1) is 0 Å². The van der Waals surface area contributed by atoms with Crippen molar-refractivity contribution < 1.29 is 0 Å². The molecule has 6 rings (SSSR count). The molecule has 0 amide bonds. The molecule has 33 heavy (non-hydrogen) atoms. The SMILES string of the molecule is CC1(C)c2cc(N)ccc2-c2ccc(N(c3ccccc3)c3cccc4ccccc34)cc21. The van der Waals surface area contributed by atoms with E-state index < -0.39 is 0 Å². The van der Waals surface area contributed by atoms with E-state index in [9.17, 15) is 0 Å². The molecule has 0 fully saturated rings. The summed E-state index contributed by atoms with van der Waals surface area (Å²) >= 11 is 0. The zero-order valence-electron chi connectivity index (χ0n) is 18.9. The van der Waals surface area contributed by atoms with E-state index in [-0.39, 0.29) is 5.41 Å². The third-order valence-electron chi connectivity index (χ3n) is 6.96. The van der Waals surface area contributed by atoms with Gasteiger partial charge in [0.2, 0.25) is 0 Å². The van der Waals surface area contributed by atoms with Crippen molar-refractivity contribution in [2.75, 3.05) is 10.6 Å². The van der Waals surface area contributed by atoms with E-state index in [1.807, 2.05) is 6.07 Å². The van der Waals surface area contributed by atoms with Crippen LogP contribution in [0, 0.1) is 0 Å². The average Bonchev–Trinajstić information content (AvgIpc) is 3.06. The molecule has 0 saturated carbocycles. The molecule has 2 nitrogen and oxygen atoms in total. The summed E-state index contributed by atoms with van der Waals surface area (Å²) in [6, 6.07) is 38.9. The van der Waals surface area contributed by atoms with Crippen molar-refractivity contribution >= 4 is 33.5 Å². The normalized spacial score (nSPS) is 13.5. The molecule has 0 spiro atoms. The topological polar surface area (TPSA) is 29.3 Å².